The van der Waals surface area contributed by atoms with E-state index in [0.29, 0.717) is 11.5 Å². The number of sulfone groups is 1. The van der Waals surface area contributed by atoms with Crippen LogP contribution in [-0.2, 0) is 14.6 Å². The molecule has 1 aromatic rings. The van der Waals surface area contributed by atoms with Crippen LogP contribution in [0.3, 0.4) is 0 Å². The maximum absolute atomic E-state index is 11.4. The first kappa shape index (κ1) is 13.9. The molecule has 0 amide bonds. The van der Waals surface area contributed by atoms with Crippen molar-refractivity contribution in [2.45, 2.75) is 30.1 Å². The van der Waals surface area contributed by atoms with Crippen LogP contribution in [0.4, 0.5) is 0 Å². The number of rotatable bonds is 5. The molecular formula is C13H16O5S. The fourth-order valence-electron chi connectivity index (χ4n) is 2.32. The molecule has 104 valence electrons. The number of aliphatic carboxylic acids is 1. The fourth-order valence-corrected chi connectivity index (χ4v) is 3.08. The first-order chi connectivity index (χ1) is 8.79. The zero-order chi connectivity index (χ0) is 14.2. The molecule has 0 heterocycles. The van der Waals surface area contributed by atoms with Gasteiger partial charge in [0.1, 0.15) is 10.6 Å². The standard InChI is InChI=1S/C13H16O5S/c1-19(17,18)12-5-4-9(6-11(12)14)10(7-13(15)16)8-2-3-8/h4-6,8,10,14H,2-3,7H2,1H3,(H,15,16). The van der Waals surface area contributed by atoms with Crippen LogP contribution in [0.2, 0.25) is 0 Å². The first-order valence-electron chi connectivity index (χ1n) is 6.04. The van der Waals surface area contributed by atoms with Crippen molar-refractivity contribution in [3.8, 4) is 5.75 Å². The van der Waals surface area contributed by atoms with Gasteiger partial charge in [0, 0.05) is 6.26 Å². The highest BCUT2D eigenvalue weighted by atomic mass is 32.2. The van der Waals surface area contributed by atoms with Gasteiger partial charge in [0.15, 0.2) is 9.84 Å². The zero-order valence-corrected chi connectivity index (χ0v) is 11.4. The van der Waals surface area contributed by atoms with Crippen molar-refractivity contribution >= 4 is 15.8 Å². The number of carboxylic acids is 1. The van der Waals surface area contributed by atoms with E-state index in [2.05, 4.69) is 0 Å². The summed E-state index contributed by atoms with van der Waals surface area (Å²) in [7, 11) is -3.47. The molecule has 2 N–H and O–H groups in total. The van der Waals surface area contributed by atoms with Crippen molar-refractivity contribution < 1.29 is 23.4 Å². The molecule has 5 nitrogen and oxygen atoms in total. The Labute approximate surface area is 111 Å². The normalized spacial score (nSPS) is 17.1. The molecule has 1 aliphatic rings. The number of carbonyl (C=O) groups is 1. The van der Waals surface area contributed by atoms with E-state index >= 15 is 0 Å². The molecule has 1 aliphatic carbocycles. The van der Waals surface area contributed by atoms with Crippen LogP contribution < -0.4 is 0 Å². The molecule has 1 atom stereocenters. The summed E-state index contributed by atoms with van der Waals surface area (Å²) in [6.45, 7) is 0. The Hall–Kier alpha value is -1.56. The molecule has 0 aromatic heterocycles. The van der Waals surface area contributed by atoms with Gasteiger partial charge in [-0.3, -0.25) is 4.79 Å². The predicted octanol–water partition coefficient (Wildman–Crippen LogP) is 1.76. The Kier molecular flexibility index (Phi) is 3.54. The lowest BCUT2D eigenvalue weighted by atomic mass is 9.91. The van der Waals surface area contributed by atoms with Crippen molar-refractivity contribution in [3.05, 3.63) is 23.8 Å². The van der Waals surface area contributed by atoms with E-state index in [1.807, 2.05) is 0 Å². The van der Waals surface area contributed by atoms with E-state index < -0.39 is 15.8 Å². The Morgan fingerprint density at radius 1 is 1.42 bits per heavy atom. The van der Waals surface area contributed by atoms with Crippen molar-refractivity contribution in [1.29, 1.82) is 0 Å². The summed E-state index contributed by atoms with van der Waals surface area (Å²) in [5.74, 6) is -1.03. The summed E-state index contributed by atoms with van der Waals surface area (Å²) < 4.78 is 22.8. The van der Waals surface area contributed by atoms with Gasteiger partial charge in [-0.1, -0.05) is 6.07 Å². The molecule has 19 heavy (non-hydrogen) atoms. The SMILES string of the molecule is CS(=O)(=O)c1ccc(C(CC(=O)O)C2CC2)cc1O. The van der Waals surface area contributed by atoms with Crippen molar-refractivity contribution in [3.63, 3.8) is 0 Å². The van der Waals surface area contributed by atoms with Gasteiger partial charge in [0.05, 0.1) is 6.42 Å². The van der Waals surface area contributed by atoms with Crippen molar-refractivity contribution in [1.82, 2.24) is 0 Å². The summed E-state index contributed by atoms with van der Waals surface area (Å²) in [6, 6.07) is 4.32. The summed E-state index contributed by atoms with van der Waals surface area (Å²) in [5, 5.41) is 18.7. The van der Waals surface area contributed by atoms with Crippen LogP contribution >= 0.6 is 0 Å². The van der Waals surface area contributed by atoms with E-state index in [-0.39, 0.29) is 23.0 Å². The Bertz CT molecular complexity index is 601. The van der Waals surface area contributed by atoms with Gasteiger partial charge in [0.2, 0.25) is 0 Å². The van der Waals surface area contributed by atoms with E-state index in [1.165, 1.54) is 12.1 Å². The molecule has 1 unspecified atom stereocenters. The maximum atomic E-state index is 11.4. The van der Waals surface area contributed by atoms with Crippen LogP contribution in [0.15, 0.2) is 23.1 Å². The number of hydrogen-bond donors (Lipinski definition) is 2. The van der Waals surface area contributed by atoms with E-state index in [9.17, 15) is 18.3 Å². The predicted molar refractivity (Wildman–Crippen MR) is 68.9 cm³/mol. The zero-order valence-electron chi connectivity index (χ0n) is 10.5. The minimum Gasteiger partial charge on any atom is -0.507 e. The summed E-state index contributed by atoms with van der Waals surface area (Å²) in [4.78, 5) is 10.7. The monoisotopic (exact) mass is 284 g/mol. The number of carboxylic acid groups (broad SMARTS) is 1. The lowest BCUT2D eigenvalue weighted by molar-refractivity contribution is -0.137. The lowest BCUT2D eigenvalue weighted by Gasteiger charge is -2.15. The van der Waals surface area contributed by atoms with Gasteiger partial charge >= 0.3 is 5.97 Å². The van der Waals surface area contributed by atoms with Crippen LogP contribution in [0.1, 0.15) is 30.7 Å². The van der Waals surface area contributed by atoms with Crippen molar-refractivity contribution in [2.24, 2.45) is 5.92 Å². The van der Waals surface area contributed by atoms with E-state index in [0.717, 1.165) is 19.1 Å². The summed E-state index contributed by atoms with van der Waals surface area (Å²) in [6.07, 6.45) is 2.98. The molecule has 2 rings (SSSR count). The molecule has 0 radical (unpaired) electrons. The fraction of sp³-hybridized carbons (Fsp3) is 0.462. The smallest absolute Gasteiger partial charge is 0.303 e. The summed E-state index contributed by atoms with van der Waals surface area (Å²) in [5.41, 5.74) is 0.690. The van der Waals surface area contributed by atoms with Crippen LogP contribution in [0.25, 0.3) is 0 Å². The van der Waals surface area contributed by atoms with E-state index in [4.69, 9.17) is 5.11 Å². The van der Waals surface area contributed by atoms with Crippen LogP contribution in [-0.4, -0.2) is 30.9 Å². The lowest BCUT2D eigenvalue weighted by Crippen LogP contribution is -2.09. The minimum absolute atomic E-state index is 0.00231. The van der Waals surface area contributed by atoms with Gasteiger partial charge in [-0.05, 0) is 42.4 Å². The largest absolute Gasteiger partial charge is 0.507 e. The van der Waals surface area contributed by atoms with Crippen LogP contribution in [0.5, 0.6) is 5.75 Å². The third-order valence-corrected chi connectivity index (χ3v) is 4.54. The quantitative estimate of drug-likeness (QED) is 0.859. The molecule has 1 fully saturated rings. The number of benzene rings is 1. The molecule has 1 saturated carbocycles. The summed E-state index contributed by atoms with van der Waals surface area (Å²) >= 11 is 0. The third kappa shape index (κ3) is 3.26. The highest BCUT2D eigenvalue weighted by molar-refractivity contribution is 7.90. The number of aromatic hydroxyl groups is 1. The average Bonchev–Trinajstić information content (AvgIpc) is 3.07. The van der Waals surface area contributed by atoms with Gasteiger partial charge in [-0.2, -0.15) is 0 Å². The molecule has 0 aliphatic heterocycles. The number of phenolic OH excluding ortho intramolecular Hbond substituents is 1. The second kappa shape index (κ2) is 4.85. The van der Waals surface area contributed by atoms with Gasteiger partial charge in [-0.25, -0.2) is 8.42 Å². The Morgan fingerprint density at radius 3 is 2.47 bits per heavy atom. The first-order valence-corrected chi connectivity index (χ1v) is 7.93. The van der Waals surface area contributed by atoms with Gasteiger partial charge < -0.3 is 10.2 Å². The topological polar surface area (TPSA) is 91.7 Å². The second-order valence-electron chi connectivity index (χ2n) is 5.04. The Morgan fingerprint density at radius 2 is 2.05 bits per heavy atom. The van der Waals surface area contributed by atoms with Crippen LogP contribution in [0, 0.1) is 5.92 Å². The highest BCUT2D eigenvalue weighted by Gasteiger charge is 2.34. The molecule has 6 heteroatoms. The maximum Gasteiger partial charge on any atom is 0.303 e. The molecular weight excluding hydrogens is 268 g/mol. The third-order valence-electron chi connectivity index (χ3n) is 3.40. The highest BCUT2D eigenvalue weighted by Crippen LogP contribution is 2.45. The van der Waals surface area contributed by atoms with Gasteiger partial charge in [0.25, 0.3) is 0 Å². The molecule has 0 bridgehead atoms. The molecule has 0 saturated heterocycles. The Balaban J connectivity index is 2.34. The number of hydrogen-bond acceptors (Lipinski definition) is 4. The molecule has 1 aromatic carbocycles. The number of phenols is 1. The molecule has 0 spiro atoms. The average molecular weight is 284 g/mol. The van der Waals surface area contributed by atoms with Crippen molar-refractivity contribution in [2.75, 3.05) is 6.26 Å². The van der Waals surface area contributed by atoms with Gasteiger partial charge in [-0.15, -0.1) is 0 Å². The van der Waals surface area contributed by atoms with E-state index in [1.54, 1.807) is 6.07 Å². The minimum atomic E-state index is -3.47. The second-order valence-corrected chi connectivity index (χ2v) is 7.03.